The second-order valence-electron chi connectivity index (χ2n) is 3.93. The molecular formula is C11H16N4O2. The van der Waals surface area contributed by atoms with Gasteiger partial charge in [0.1, 0.15) is 0 Å². The van der Waals surface area contributed by atoms with Gasteiger partial charge in [0.25, 0.3) is 0 Å². The highest BCUT2D eigenvalue weighted by Gasteiger charge is 2.06. The van der Waals surface area contributed by atoms with Gasteiger partial charge in [-0.2, -0.15) is 4.98 Å². The molecular weight excluding hydrogens is 220 g/mol. The minimum absolute atomic E-state index is 0.291. The van der Waals surface area contributed by atoms with Gasteiger partial charge >= 0.3 is 0 Å². The van der Waals surface area contributed by atoms with E-state index in [1.807, 2.05) is 25.3 Å². The first kappa shape index (κ1) is 11.8. The Bertz CT molecular complexity index is 497. The molecule has 2 rings (SSSR count). The Hall–Kier alpha value is -1.66. The van der Waals surface area contributed by atoms with Crippen LogP contribution in [0.4, 0.5) is 5.95 Å². The zero-order valence-corrected chi connectivity index (χ0v) is 9.92. The van der Waals surface area contributed by atoms with Crippen LogP contribution in [0.15, 0.2) is 18.3 Å². The first-order valence-corrected chi connectivity index (χ1v) is 5.43. The highest BCUT2D eigenvalue weighted by atomic mass is 16.5. The summed E-state index contributed by atoms with van der Waals surface area (Å²) in [5.41, 5.74) is 1.90. The van der Waals surface area contributed by atoms with E-state index in [0.717, 1.165) is 11.2 Å². The number of pyridine rings is 1. The number of aromatic nitrogens is 3. The third-order valence-corrected chi connectivity index (χ3v) is 2.33. The summed E-state index contributed by atoms with van der Waals surface area (Å²) in [6, 6.07) is 3.88. The molecule has 1 unspecified atom stereocenters. The zero-order chi connectivity index (χ0) is 12.3. The number of fused-ring (bicyclic) bond motifs is 1. The van der Waals surface area contributed by atoms with Gasteiger partial charge in [-0.3, -0.25) is 0 Å². The molecule has 0 saturated heterocycles. The first-order valence-electron chi connectivity index (χ1n) is 5.43. The molecule has 0 aliphatic heterocycles. The predicted molar refractivity (Wildman–Crippen MR) is 64.1 cm³/mol. The van der Waals surface area contributed by atoms with Gasteiger partial charge < -0.3 is 15.2 Å². The molecule has 0 aliphatic carbocycles. The van der Waals surface area contributed by atoms with Crippen LogP contribution < -0.4 is 5.32 Å². The molecule has 92 valence electrons. The molecule has 0 fully saturated rings. The van der Waals surface area contributed by atoms with Crippen LogP contribution in [-0.2, 0) is 4.74 Å². The number of hydrogen-bond donors (Lipinski definition) is 2. The van der Waals surface area contributed by atoms with Crippen molar-refractivity contribution < 1.29 is 9.84 Å². The van der Waals surface area contributed by atoms with E-state index >= 15 is 0 Å². The van der Waals surface area contributed by atoms with Crippen LogP contribution in [0.3, 0.4) is 0 Å². The molecule has 0 aromatic carbocycles. The van der Waals surface area contributed by atoms with Gasteiger partial charge in [-0.25, -0.2) is 4.52 Å². The van der Waals surface area contributed by atoms with Crippen molar-refractivity contribution in [3.05, 3.63) is 23.9 Å². The Labute approximate surface area is 99.2 Å². The van der Waals surface area contributed by atoms with Gasteiger partial charge in [0.15, 0.2) is 5.65 Å². The summed E-state index contributed by atoms with van der Waals surface area (Å²) in [7, 11) is 1.55. The normalized spacial score (nSPS) is 12.9. The van der Waals surface area contributed by atoms with Gasteiger partial charge in [-0.15, -0.1) is 5.10 Å². The van der Waals surface area contributed by atoms with Crippen molar-refractivity contribution in [2.75, 3.05) is 25.6 Å². The van der Waals surface area contributed by atoms with Gasteiger partial charge in [0.2, 0.25) is 5.95 Å². The molecule has 0 aliphatic rings. The van der Waals surface area contributed by atoms with E-state index in [4.69, 9.17) is 4.74 Å². The molecule has 2 N–H and O–H groups in total. The molecule has 0 amide bonds. The summed E-state index contributed by atoms with van der Waals surface area (Å²) in [5.74, 6) is 0.505. The molecule has 0 spiro atoms. The number of nitrogens with one attached hydrogen (secondary N) is 1. The van der Waals surface area contributed by atoms with Crippen LogP contribution in [-0.4, -0.2) is 46.1 Å². The molecule has 2 heterocycles. The number of anilines is 1. The molecule has 2 aromatic rings. The lowest BCUT2D eigenvalue weighted by atomic mass is 10.3. The fourth-order valence-corrected chi connectivity index (χ4v) is 1.52. The van der Waals surface area contributed by atoms with Crippen LogP contribution in [0.2, 0.25) is 0 Å². The Morgan fingerprint density at radius 3 is 3.12 bits per heavy atom. The maximum Gasteiger partial charge on any atom is 0.243 e. The topological polar surface area (TPSA) is 71.7 Å². The SMILES string of the molecule is COCC(O)CNc1nc2ccc(C)cn2n1. The smallest absolute Gasteiger partial charge is 0.243 e. The van der Waals surface area contributed by atoms with E-state index < -0.39 is 6.10 Å². The third kappa shape index (κ3) is 2.92. The van der Waals surface area contributed by atoms with Crippen molar-refractivity contribution in [3.63, 3.8) is 0 Å². The number of hydrogen-bond acceptors (Lipinski definition) is 5. The van der Waals surface area contributed by atoms with E-state index in [9.17, 15) is 5.11 Å². The van der Waals surface area contributed by atoms with Crippen molar-refractivity contribution in [2.24, 2.45) is 0 Å². The Morgan fingerprint density at radius 2 is 2.35 bits per heavy atom. The van der Waals surface area contributed by atoms with Crippen molar-refractivity contribution in [2.45, 2.75) is 13.0 Å². The fraction of sp³-hybridized carbons (Fsp3) is 0.455. The number of aryl methyl sites for hydroxylation is 1. The predicted octanol–water partition coefficient (Wildman–Crippen LogP) is 0.457. The highest BCUT2D eigenvalue weighted by Crippen LogP contribution is 2.06. The zero-order valence-electron chi connectivity index (χ0n) is 9.92. The highest BCUT2D eigenvalue weighted by molar-refractivity contribution is 5.44. The van der Waals surface area contributed by atoms with E-state index in [0.29, 0.717) is 19.1 Å². The monoisotopic (exact) mass is 236 g/mol. The van der Waals surface area contributed by atoms with Crippen molar-refractivity contribution in [1.82, 2.24) is 14.6 Å². The number of methoxy groups -OCH3 is 1. The van der Waals surface area contributed by atoms with E-state index in [1.54, 1.807) is 11.6 Å². The maximum absolute atomic E-state index is 9.48. The molecule has 0 bridgehead atoms. The maximum atomic E-state index is 9.48. The quantitative estimate of drug-likeness (QED) is 0.789. The first-order chi connectivity index (χ1) is 8.19. The molecule has 6 heteroatoms. The molecule has 2 aromatic heterocycles. The number of ether oxygens (including phenoxy) is 1. The minimum Gasteiger partial charge on any atom is -0.389 e. The number of nitrogens with zero attached hydrogens (tertiary/aromatic N) is 3. The summed E-state index contributed by atoms with van der Waals surface area (Å²) < 4.78 is 6.54. The van der Waals surface area contributed by atoms with Crippen LogP contribution in [0.5, 0.6) is 0 Å². The molecule has 6 nitrogen and oxygen atoms in total. The van der Waals surface area contributed by atoms with Gasteiger partial charge in [-0.1, -0.05) is 6.07 Å². The molecule has 0 saturated carbocycles. The van der Waals surface area contributed by atoms with Crippen molar-refractivity contribution in [1.29, 1.82) is 0 Å². The van der Waals surface area contributed by atoms with E-state index in [-0.39, 0.29) is 0 Å². The lowest BCUT2D eigenvalue weighted by Gasteiger charge is -2.08. The lowest BCUT2D eigenvalue weighted by Crippen LogP contribution is -2.24. The fourth-order valence-electron chi connectivity index (χ4n) is 1.52. The Balaban J connectivity index is 2.04. The largest absolute Gasteiger partial charge is 0.389 e. The average Bonchev–Trinajstić information content (AvgIpc) is 2.68. The lowest BCUT2D eigenvalue weighted by molar-refractivity contribution is 0.0726. The summed E-state index contributed by atoms with van der Waals surface area (Å²) in [4.78, 5) is 4.27. The standard InChI is InChI=1S/C11H16N4O2/c1-8-3-4-10-13-11(14-15(10)6-8)12-5-9(16)7-17-2/h3-4,6,9,16H,5,7H2,1-2H3,(H,12,14). The number of aliphatic hydroxyl groups excluding tert-OH is 1. The van der Waals surface area contributed by atoms with Crippen LogP contribution in [0, 0.1) is 6.92 Å². The van der Waals surface area contributed by atoms with E-state index in [1.165, 1.54) is 0 Å². The van der Waals surface area contributed by atoms with E-state index in [2.05, 4.69) is 15.4 Å². The molecule has 17 heavy (non-hydrogen) atoms. The second-order valence-corrected chi connectivity index (χ2v) is 3.93. The molecule has 0 radical (unpaired) electrons. The van der Waals surface area contributed by atoms with Gasteiger partial charge in [-0.05, 0) is 18.6 Å². The third-order valence-electron chi connectivity index (χ3n) is 2.33. The number of aliphatic hydroxyl groups is 1. The van der Waals surface area contributed by atoms with Crippen LogP contribution in [0.25, 0.3) is 5.65 Å². The van der Waals surface area contributed by atoms with Crippen molar-refractivity contribution in [3.8, 4) is 0 Å². The number of rotatable bonds is 5. The van der Waals surface area contributed by atoms with Crippen molar-refractivity contribution >= 4 is 11.6 Å². The Morgan fingerprint density at radius 1 is 1.53 bits per heavy atom. The minimum atomic E-state index is -0.562. The average molecular weight is 236 g/mol. The van der Waals surface area contributed by atoms with Crippen LogP contribution >= 0.6 is 0 Å². The Kier molecular flexibility index (Phi) is 3.55. The summed E-state index contributed by atoms with van der Waals surface area (Å²) in [5, 5.41) is 16.7. The summed E-state index contributed by atoms with van der Waals surface area (Å²) in [6.07, 6.45) is 1.34. The van der Waals surface area contributed by atoms with Crippen LogP contribution in [0.1, 0.15) is 5.56 Å². The van der Waals surface area contributed by atoms with Gasteiger partial charge in [0, 0.05) is 19.9 Å². The second kappa shape index (κ2) is 5.11. The summed E-state index contributed by atoms with van der Waals surface area (Å²) in [6.45, 7) is 2.65. The van der Waals surface area contributed by atoms with Gasteiger partial charge in [0.05, 0.1) is 12.7 Å². The summed E-state index contributed by atoms with van der Waals surface area (Å²) >= 11 is 0. The molecule has 1 atom stereocenters.